The molecule has 2 fully saturated rings. The largest absolute Gasteiger partial charge is 0.452 e. The van der Waals surface area contributed by atoms with Gasteiger partial charge in [0.2, 0.25) is 0 Å². The van der Waals surface area contributed by atoms with Crippen molar-refractivity contribution < 1.29 is 19.1 Å². The van der Waals surface area contributed by atoms with E-state index < -0.39 is 6.10 Å². The Labute approximate surface area is 172 Å². The molecule has 7 heteroatoms. The molecule has 1 aromatic rings. The molecule has 2 saturated heterocycles. The van der Waals surface area contributed by atoms with Crippen molar-refractivity contribution in [1.29, 1.82) is 0 Å². The molecule has 0 radical (unpaired) electrons. The molecular formula is C22H31N3O4. The lowest BCUT2D eigenvalue weighted by Gasteiger charge is -2.33. The van der Waals surface area contributed by atoms with Crippen molar-refractivity contribution in [2.24, 2.45) is 11.8 Å². The van der Waals surface area contributed by atoms with E-state index in [9.17, 15) is 14.4 Å². The summed E-state index contributed by atoms with van der Waals surface area (Å²) >= 11 is 0. The Bertz CT molecular complexity index is 708. The van der Waals surface area contributed by atoms with E-state index in [4.69, 9.17) is 4.74 Å². The van der Waals surface area contributed by atoms with Gasteiger partial charge in [0.15, 0.2) is 6.10 Å². The number of nitrogens with zero attached hydrogens (tertiary/aromatic N) is 2. The Hall–Kier alpha value is -2.57. The minimum Gasteiger partial charge on any atom is -0.452 e. The third kappa shape index (κ3) is 5.71. The first-order valence-corrected chi connectivity index (χ1v) is 10.5. The highest BCUT2D eigenvalue weighted by molar-refractivity contribution is 5.89. The molecule has 0 aliphatic carbocycles. The molecule has 2 heterocycles. The summed E-state index contributed by atoms with van der Waals surface area (Å²) in [4.78, 5) is 40.9. The van der Waals surface area contributed by atoms with E-state index in [1.165, 1.54) is 0 Å². The molecule has 29 heavy (non-hydrogen) atoms. The third-order valence-electron chi connectivity index (χ3n) is 5.88. The van der Waals surface area contributed by atoms with Gasteiger partial charge >= 0.3 is 12.0 Å². The molecule has 2 aliphatic heterocycles. The molecule has 3 amide bonds. The zero-order chi connectivity index (χ0) is 20.8. The van der Waals surface area contributed by atoms with E-state index in [1.807, 2.05) is 30.3 Å². The van der Waals surface area contributed by atoms with Crippen LogP contribution in [0.2, 0.25) is 0 Å². The van der Waals surface area contributed by atoms with Crippen LogP contribution in [0, 0.1) is 11.8 Å². The highest BCUT2D eigenvalue weighted by atomic mass is 16.5. The first kappa shape index (κ1) is 21.1. The number of carbonyl (C=O) groups excluding carboxylic acids is 3. The van der Waals surface area contributed by atoms with Gasteiger partial charge in [-0.05, 0) is 50.7 Å². The number of ether oxygens (including phenoxy) is 1. The fourth-order valence-electron chi connectivity index (χ4n) is 3.85. The Kier molecular flexibility index (Phi) is 7.12. The van der Waals surface area contributed by atoms with Crippen molar-refractivity contribution in [2.75, 3.05) is 31.5 Å². The number of hydrogen-bond acceptors (Lipinski definition) is 4. The fourth-order valence-corrected chi connectivity index (χ4v) is 3.85. The van der Waals surface area contributed by atoms with Crippen LogP contribution in [0.1, 0.15) is 39.5 Å². The van der Waals surface area contributed by atoms with Crippen LogP contribution >= 0.6 is 0 Å². The second kappa shape index (κ2) is 9.76. The highest BCUT2D eigenvalue weighted by Crippen LogP contribution is 2.22. The van der Waals surface area contributed by atoms with Gasteiger partial charge in [0.05, 0.1) is 5.92 Å². The van der Waals surface area contributed by atoms with Crippen LogP contribution in [0.15, 0.2) is 30.3 Å². The predicted octanol–water partition coefficient (Wildman–Crippen LogP) is 3.12. The second-order valence-corrected chi connectivity index (χ2v) is 8.14. The lowest BCUT2D eigenvalue weighted by Crippen LogP contribution is -2.46. The van der Waals surface area contributed by atoms with Gasteiger partial charge in [-0.2, -0.15) is 0 Å². The van der Waals surface area contributed by atoms with Crippen molar-refractivity contribution in [2.45, 2.75) is 45.6 Å². The predicted molar refractivity (Wildman–Crippen MR) is 110 cm³/mol. The van der Waals surface area contributed by atoms with Gasteiger partial charge < -0.3 is 19.9 Å². The van der Waals surface area contributed by atoms with Crippen LogP contribution in [-0.2, 0) is 14.3 Å². The number of piperidine rings is 2. The quantitative estimate of drug-likeness (QED) is 0.786. The summed E-state index contributed by atoms with van der Waals surface area (Å²) in [6.45, 7) is 6.29. The molecule has 2 aliphatic rings. The number of benzene rings is 1. The molecule has 0 aromatic heterocycles. The maximum Gasteiger partial charge on any atom is 0.321 e. The summed E-state index contributed by atoms with van der Waals surface area (Å²) in [7, 11) is 0. The van der Waals surface area contributed by atoms with Crippen molar-refractivity contribution in [3.05, 3.63) is 30.3 Å². The standard InChI is InChI=1S/C22H31N3O4/c1-16-8-12-24(13-9-16)20(26)17(2)29-21(27)18-10-14-25(15-11-18)22(28)23-19-6-4-3-5-7-19/h3-7,16-18H,8-15H2,1-2H3,(H,23,28)/t17-/m1/s1. The average molecular weight is 402 g/mol. The maximum atomic E-state index is 12.5. The first-order valence-electron chi connectivity index (χ1n) is 10.5. The van der Waals surface area contributed by atoms with Crippen molar-refractivity contribution in [1.82, 2.24) is 9.80 Å². The van der Waals surface area contributed by atoms with Crippen LogP contribution in [-0.4, -0.2) is 60.0 Å². The van der Waals surface area contributed by atoms with Crippen molar-refractivity contribution >= 4 is 23.6 Å². The SMILES string of the molecule is CC1CCN(C(=O)[C@@H](C)OC(=O)C2CCN(C(=O)Nc3ccccc3)CC2)CC1. The summed E-state index contributed by atoms with van der Waals surface area (Å²) < 4.78 is 5.47. The number of nitrogens with one attached hydrogen (secondary N) is 1. The fraction of sp³-hybridized carbons (Fsp3) is 0.591. The van der Waals surface area contributed by atoms with E-state index in [0.29, 0.717) is 31.8 Å². The van der Waals surface area contributed by atoms with Crippen LogP contribution in [0.5, 0.6) is 0 Å². The first-order chi connectivity index (χ1) is 13.9. The van der Waals surface area contributed by atoms with Gasteiger partial charge in [-0.1, -0.05) is 25.1 Å². The topological polar surface area (TPSA) is 79.0 Å². The van der Waals surface area contributed by atoms with Crippen LogP contribution in [0.3, 0.4) is 0 Å². The molecule has 1 N–H and O–H groups in total. The smallest absolute Gasteiger partial charge is 0.321 e. The lowest BCUT2D eigenvalue weighted by atomic mass is 9.97. The number of anilines is 1. The molecule has 1 atom stereocenters. The number of hydrogen-bond donors (Lipinski definition) is 1. The molecule has 158 valence electrons. The van der Waals surface area contributed by atoms with Crippen LogP contribution in [0.4, 0.5) is 10.5 Å². The van der Waals surface area contributed by atoms with Crippen molar-refractivity contribution in [3.8, 4) is 0 Å². The Morgan fingerprint density at radius 2 is 1.55 bits per heavy atom. The van der Waals surface area contributed by atoms with Gasteiger partial charge in [-0.3, -0.25) is 9.59 Å². The van der Waals surface area contributed by atoms with Gasteiger partial charge in [0.25, 0.3) is 5.91 Å². The molecule has 3 rings (SSSR count). The zero-order valence-electron chi connectivity index (χ0n) is 17.3. The van der Waals surface area contributed by atoms with Gasteiger partial charge in [0.1, 0.15) is 0 Å². The number of urea groups is 1. The zero-order valence-corrected chi connectivity index (χ0v) is 17.3. The monoisotopic (exact) mass is 401 g/mol. The van der Waals surface area contributed by atoms with E-state index >= 15 is 0 Å². The van der Waals surface area contributed by atoms with Gasteiger partial charge in [-0.25, -0.2) is 4.79 Å². The molecule has 0 spiro atoms. The van der Waals surface area contributed by atoms with Gasteiger partial charge in [-0.15, -0.1) is 0 Å². The summed E-state index contributed by atoms with van der Waals surface area (Å²) in [6, 6.07) is 9.14. The summed E-state index contributed by atoms with van der Waals surface area (Å²) in [5.41, 5.74) is 0.749. The van der Waals surface area contributed by atoms with E-state index in [0.717, 1.165) is 31.6 Å². The van der Waals surface area contributed by atoms with E-state index in [1.54, 1.807) is 16.7 Å². The number of likely N-dealkylation sites (tertiary alicyclic amines) is 2. The maximum absolute atomic E-state index is 12.5. The van der Waals surface area contributed by atoms with Crippen LogP contribution in [0.25, 0.3) is 0 Å². The molecule has 0 bridgehead atoms. The van der Waals surface area contributed by atoms with Crippen molar-refractivity contribution in [3.63, 3.8) is 0 Å². The summed E-state index contributed by atoms with van der Waals surface area (Å²) in [5.74, 6) is -0.0714. The van der Waals surface area contributed by atoms with Crippen LogP contribution < -0.4 is 5.32 Å². The molecule has 0 saturated carbocycles. The summed E-state index contributed by atoms with van der Waals surface area (Å²) in [5, 5.41) is 2.86. The molecular weight excluding hydrogens is 370 g/mol. The molecule has 1 aromatic carbocycles. The lowest BCUT2D eigenvalue weighted by molar-refractivity contribution is -0.164. The number of rotatable bonds is 4. The third-order valence-corrected chi connectivity index (χ3v) is 5.88. The molecule has 7 nitrogen and oxygen atoms in total. The number of esters is 1. The van der Waals surface area contributed by atoms with E-state index in [2.05, 4.69) is 12.2 Å². The number of carbonyl (C=O) groups is 3. The summed E-state index contributed by atoms with van der Waals surface area (Å²) in [6.07, 6.45) is 2.33. The van der Waals surface area contributed by atoms with E-state index in [-0.39, 0.29) is 23.8 Å². The average Bonchev–Trinajstić information content (AvgIpc) is 2.74. The molecule has 0 unspecified atom stereocenters. The van der Waals surface area contributed by atoms with Gasteiger partial charge in [0, 0.05) is 31.9 Å². The minimum absolute atomic E-state index is 0.107. The normalized spacial score (nSPS) is 19.5. The Morgan fingerprint density at radius 3 is 2.17 bits per heavy atom. The Balaban J connectivity index is 1.42. The number of amides is 3. The highest BCUT2D eigenvalue weighted by Gasteiger charge is 2.32. The minimum atomic E-state index is -0.754. The number of para-hydroxylation sites is 1. The Morgan fingerprint density at radius 1 is 0.966 bits per heavy atom. The second-order valence-electron chi connectivity index (χ2n) is 8.14.